The van der Waals surface area contributed by atoms with Crippen LogP contribution in [-0.4, -0.2) is 48.5 Å². The number of ether oxygens (including phenoxy) is 2. The summed E-state index contributed by atoms with van der Waals surface area (Å²) in [5, 5.41) is 2.37. The normalized spacial score (nSPS) is 11.7. The highest BCUT2D eigenvalue weighted by Gasteiger charge is 2.20. The Morgan fingerprint density at radius 2 is 1.81 bits per heavy atom. The predicted molar refractivity (Wildman–Crippen MR) is 118 cm³/mol. The standard InChI is InChI=1S/C22H26F2N2O4S/c1-14-5-8-17(9-6-14)25-20(27)13-31-15(2)21(28)26(3)12-16-7-10-18(30-22(23)24)19(11-16)29-4/h5-11,15,22H,12-13H2,1-4H3,(H,25,27). The molecule has 9 heteroatoms. The van der Waals surface area contributed by atoms with Gasteiger partial charge in [-0.05, 0) is 43.7 Å². The summed E-state index contributed by atoms with van der Waals surface area (Å²) in [4.78, 5) is 26.3. The first kappa shape index (κ1) is 24.5. The van der Waals surface area contributed by atoms with Crippen LogP contribution >= 0.6 is 11.8 Å². The van der Waals surface area contributed by atoms with Crippen molar-refractivity contribution in [3.63, 3.8) is 0 Å². The summed E-state index contributed by atoms with van der Waals surface area (Å²) in [7, 11) is 2.99. The van der Waals surface area contributed by atoms with Crippen LogP contribution in [0.25, 0.3) is 0 Å². The van der Waals surface area contributed by atoms with Crippen molar-refractivity contribution in [3.8, 4) is 11.5 Å². The Bertz CT molecular complexity index is 894. The van der Waals surface area contributed by atoms with Crippen molar-refractivity contribution in [3.05, 3.63) is 53.6 Å². The van der Waals surface area contributed by atoms with Gasteiger partial charge < -0.3 is 19.7 Å². The van der Waals surface area contributed by atoms with Crippen molar-refractivity contribution in [2.75, 3.05) is 25.2 Å². The number of carbonyl (C=O) groups excluding carboxylic acids is 2. The highest BCUT2D eigenvalue weighted by atomic mass is 32.2. The van der Waals surface area contributed by atoms with Crippen LogP contribution in [0.1, 0.15) is 18.1 Å². The molecule has 0 aliphatic rings. The van der Waals surface area contributed by atoms with Crippen LogP contribution in [0.2, 0.25) is 0 Å². The molecule has 168 valence electrons. The Morgan fingerprint density at radius 1 is 1.13 bits per heavy atom. The molecule has 1 N–H and O–H groups in total. The molecule has 0 radical (unpaired) electrons. The lowest BCUT2D eigenvalue weighted by Crippen LogP contribution is -2.33. The molecule has 1 atom stereocenters. The Hall–Kier alpha value is -2.81. The Balaban J connectivity index is 1.87. The third-order valence-corrected chi connectivity index (χ3v) is 5.52. The maximum atomic E-state index is 12.6. The van der Waals surface area contributed by atoms with Crippen LogP contribution in [0.5, 0.6) is 11.5 Å². The maximum absolute atomic E-state index is 12.6. The molecule has 0 bridgehead atoms. The van der Waals surface area contributed by atoms with E-state index >= 15 is 0 Å². The molecule has 0 aliphatic carbocycles. The zero-order chi connectivity index (χ0) is 23.0. The van der Waals surface area contributed by atoms with Crippen LogP contribution in [0.4, 0.5) is 14.5 Å². The lowest BCUT2D eigenvalue weighted by atomic mass is 10.2. The molecule has 0 saturated heterocycles. The maximum Gasteiger partial charge on any atom is 0.387 e. The van der Waals surface area contributed by atoms with Gasteiger partial charge in [-0.25, -0.2) is 0 Å². The van der Waals surface area contributed by atoms with Crippen molar-refractivity contribution in [2.45, 2.75) is 32.3 Å². The molecule has 1 unspecified atom stereocenters. The van der Waals surface area contributed by atoms with Crippen LogP contribution < -0.4 is 14.8 Å². The van der Waals surface area contributed by atoms with Crippen LogP contribution in [0.3, 0.4) is 0 Å². The van der Waals surface area contributed by atoms with E-state index in [4.69, 9.17) is 4.74 Å². The number of nitrogens with zero attached hydrogens (tertiary/aromatic N) is 1. The first-order valence-corrected chi connectivity index (χ1v) is 10.6. The van der Waals surface area contributed by atoms with Gasteiger partial charge in [-0.15, -0.1) is 11.8 Å². The number of aryl methyl sites for hydroxylation is 1. The van der Waals surface area contributed by atoms with Gasteiger partial charge in [-0.1, -0.05) is 23.8 Å². The third kappa shape index (κ3) is 7.75. The van der Waals surface area contributed by atoms with Gasteiger partial charge in [-0.3, -0.25) is 9.59 Å². The zero-order valence-corrected chi connectivity index (χ0v) is 18.7. The summed E-state index contributed by atoms with van der Waals surface area (Å²) in [5.74, 6) is -0.106. The molecule has 6 nitrogen and oxygen atoms in total. The molecule has 0 aromatic heterocycles. The Morgan fingerprint density at radius 3 is 2.42 bits per heavy atom. The number of amides is 2. The number of thioether (sulfide) groups is 1. The first-order chi connectivity index (χ1) is 14.7. The smallest absolute Gasteiger partial charge is 0.387 e. The van der Waals surface area contributed by atoms with Crippen molar-refractivity contribution < 1.29 is 27.8 Å². The van der Waals surface area contributed by atoms with Gasteiger partial charge in [0.25, 0.3) is 0 Å². The third-order valence-electron chi connectivity index (χ3n) is 4.39. The molecule has 0 heterocycles. The van der Waals surface area contributed by atoms with Gasteiger partial charge in [0.05, 0.1) is 18.1 Å². The highest BCUT2D eigenvalue weighted by molar-refractivity contribution is 8.01. The topological polar surface area (TPSA) is 67.9 Å². The quantitative estimate of drug-likeness (QED) is 0.581. The van der Waals surface area contributed by atoms with E-state index in [0.717, 1.165) is 5.56 Å². The molecule has 2 aromatic rings. The van der Waals surface area contributed by atoms with Gasteiger partial charge in [0, 0.05) is 19.3 Å². The molecular weight excluding hydrogens is 426 g/mol. The SMILES string of the molecule is COc1cc(CN(C)C(=O)C(C)SCC(=O)Nc2ccc(C)cc2)ccc1OC(F)F. The minimum absolute atomic E-state index is 0.0706. The summed E-state index contributed by atoms with van der Waals surface area (Å²) < 4.78 is 34.4. The van der Waals surface area contributed by atoms with Gasteiger partial charge in [0.1, 0.15) is 0 Å². The van der Waals surface area contributed by atoms with Gasteiger partial charge >= 0.3 is 6.61 Å². The van der Waals surface area contributed by atoms with Crippen LogP contribution in [0.15, 0.2) is 42.5 Å². The lowest BCUT2D eigenvalue weighted by Gasteiger charge is -2.22. The van der Waals surface area contributed by atoms with E-state index in [0.29, 0.717) is 11.3 Å². The van der Waals surface area contributed by atoms with E-state index in [1.807, 2.05) is 31.2 Å². The minimum atomic E-state index is -2.95. The van der Waals surface area contributed by atoms with Crippen LogP contribution in [0, 0.1) is 6.92 Å². The summed E-state index contributed by atoms with van der Waals surface area (Å²) in [6, 6.07) is 12.0. The monoisotopic (exact) mass is 452 g/mol. The van der Waals surface area contributed by atoms with Gasteiger partial charge in [0.15, 0.2) is 11.5 Å². The fourth-order valence-corrected chi connectivity index (χ4v) is 3.57. The number of carbonyl (C=O) groups is 2. The summed E-state index contributed by atoms with van der Waals surface area (Å²) in [6.45, 7) is 1.01. The fourth-order valence-electron chi connectivity index (χ4n) is 2.77. The summed E-state index contributed by atoms with van der Waals surface area (Å²) >= 11 is 1.24. The van der Waals surface area contributed by atoms with Gasteiger partial charge in [-0.2, -0.15) is 8.78 Å². The zero-order valence-electron chi connectivity index (χ0n) is 17.9. The molecular formula is C22H26F2N2O4S. The van der Waals surface area contributed by atoms with Crippen molar-refractivity contribution in [1.29, 1.82) is 0 Å². The molecule has 2 amide bonds. The van der Waals surface area contributed by atoms with E-state index in [9.17, 15) is 18.4 Å². The van der Waals surface area contributed by atoms with Crippen LogP contribution in [-0.2, 0) is 16.1 Å². The number of hydrogen-bond donors (Lipinski definition) is 1. The largest absolute Gasteiger partial charge is 0.493 e. The average Bonchev–Trinajstić information content (AvgIpc) is 2.73. The van der Waals surface area contributed by atoms with Crippen molar-refractivity contribution >= 4 is 29.3 Å². The molecule has 0 spiro atoms. The molecule has 31 heavy (non-hydrogen) atoms. The van der Waals surface area contributed by atoms with E-state index in [1.54, 1.807) is 26.1 Å². The molecule has 0 saturated carbocycles. The number of hydrogen-bond acceptors (Lipinski definition) is 5. The number of alkyl halides is 2. The van der Waals surface area contributed by atoms with E-state index < -0.39 is 11.9 Å². The van der Waals surface area contributed by atoms with E-state index in [2.05, 4.69) is 10.1 Å². The van der Waals surface area contributed by atoms with E-state index in [1.165, 1.54) is 29.8 Å². The average molecular weight is 453 g/mol. The summed E-state index contributed by atoms with van der Waals surface area (Å²) in [5.41, 5.74) is 2.51. The number of benzene rings is 2. The van der Waals surface area contributed by atoms with Gasteiger partial charge in [0.2, 0.25) is 11.8 Å². The number of anilines is 1. The second kappa shape index (κ2) is 11.5. The van der Waals surface area contributed by atoms with Crippen molar-refractivity contribution in [1.82, 2.24) is 4.90 Å². The number of halogens is 2. The van der Waals surface area contributed by atoms with E-state index in [-0.39, 0.29) is 35.6 Å². The molecule has 0 fully saturated rings. The molecule has 2 rings (SSSR count). The fraction of sp³-hybridized carbons (Fsp3) is 0.364. The second-order valence-electron chi connectivity index (χ2n) is 6.93. The molecule has 2 aromatic carbocycles. The second-order valence-corrected chi connectivity index (χ2v) is 8.25. The highest BCUT2D eigenvalue weighted by Crippen LogP contribution is 2.30. The number of rotatable bonds is 10. The lowest BCUT2D eigenvalue weighted by molar-refractivity contribution is -0.129. The van der Waals surface area contributed by atoms with Crippen molar-refractivity contribution in [2.24, 2.45) is 0 Å². The first-order valence-electron chi connectivity index (χ1n) is 9.54. The minimum Gasteiger partial charge on any atom is -0.493 e. The molecule has 0 aliphatic heterocycles. The number of methoxy groups -OCH3 is 1. The number of nitrogens with one attached hydrogen (secondary N) is 1. The summed E-state index contributed by atoms with van der Waals surface area (Å²) in [6.07, 6.45) is 0. The predicted octanol–water partition coefficient (Wildman–Crippen LogP) is 4.32. The Kier molecular flexibility index (Phi) is 9.11. The Labute approximate surface area is 184 Å².